The molecule has 0 atom stereocenters. The first-order valence-electron chi connectivity index (χ1n) is 5.80. The maximum absolute atomic E-state index is 12.1. The smallest absolute Gasteiger partial charge is 0.423 e. The second-order valence-electron chi connectivity index (χ2n) is 4.22. The molecule has 1 amide bonds. The maximum atomic E-state index is 12.1. The van der Waals surface area contributed by atoms with Crippen LogP contribution in [0.15, 0.2) is 36.4 Å². The van der Waals surface area contributed by atoms with Crippen LogP contribution in [0, 0.1) is 0 Å². The van der Waals surface area contributed by atoms with E-state index in [9.17, 15) is 14.8 Å². The standard InChI is InChI=1S/C13H9BCl3NO3/c15-8-4-9(16)6-10(5-8)18-13(19)7-1-2-12(17)11(3-7)14(20)21/h1-6,20-21H,(H,18,19). The van der Waals surface area contributed by atoms with E-state index in [-0.39, 0.29) is 16.0 Å². The fourth-order valence-corrected chi connectivity index (χ4v) is 2.45. The average Bonchev–Trinajstić information content (AvgIpc) is 2.37. The third kappa shape index (κ3) is 4.12. The van der Waals surface area contributed by atoms with Gasteiger partial charge in [0.25, 0.3) is 5.91 Å². The third-order valence-corrected chi connectivity index (χ3v) is 3.44. The number of hydrogen-bond acceptors (Lipinski definition) is 3. The van der Waals surface area contributed by atoms with Crippen LogP contribution in [0.4, 0.5) is 5.69 Å². The summed E-state index contributed by atoms with van der Waals surface area (Å²) in [4.78, 5) is 12.1. The molecule has 2 aromatic rings. The van der Waals surface area contributed by atoms with Crippen molar-refractivity contribution >= 4 is 59.0 Å². The lowest BCUT2D eigenvalue weighted by molar-refractivity contribution is 0.102. The SMILES string of the molecule is O=C(Nc1cc(Cl)cc(Cl)c1)c1ccc(Cl)c(B(O)O)c1. The number of hydrogen-bond donors (Lipinski definition) is 3. The van der Waals surface area contributed by atoms with Crippen molar-refractivity contribution in [3.05, 3.63) is 57.0 Å². The molecule has 0 aliphatic rings. The summed E-state index contributed by atoms with van der Waals surface area (Å²) in [7, 11) is -1.76. The highest BCUT2D eigenvalue weighted by atomic mass is 35.5. The minimum absolute atomic E-state index is 0.0495. The lowest BCUT2D eigenvalue weighted by Gasteiger charge is -2.09. The topological polar surface area (TPSA) is 69.6 Å². The van der Waals surface area contributed by atoms with Gasteiger partial charge in [-0.1, -0.05) is 34.8 Å². The molecule has 0 fully saturated rings. The molecule has 2 rings (SSSR count). The zero-order valence-electron chi connectivity index (χ0n) is 10.5. The van der Waals surface area contributed by atoms with Crippen molar-refractivity contribution in [2.75, 3.05) is 5.32 Å². The van der Waals surface area contributed by atoms with Gasteiger partial charge < -0.3 is 15.4 Å². The fourth-order valence-electron chi connectivity index (χ4n) is 1.71. The van der Waals surface area contributed by atoms with E-state index in [4.69, 9.17) is 34.8 Å². The number of anilines is 1. The molecule has 0 radical (unpaired) electrons. The van der Waals surface area contributed by atoms with Gasteiger partial charge in [0.05, 0.1) is 0 Å². The summed E-state index contributed by atoms with van der Waals surface area (Å²) in [5.41, 5.74) is 0.700. The first-order chi connectivity index (χ1) is 9.86. The number of amides is 1. The molecule has 0 saturated heterocycles. The molecule has 108 valence electrons. The first kappa shape index (κ1) is 16.1. The van der Waals surface area contributed by atoms with Crippen molar-refractivity contribution in [3.63, 3.8) is 0 Å². The molecular formula is C13H9BCl3NO3. The lowest BCUT2D eigenvalue weighted by Crippen LogP contribution is -2.31. The van der Waals surface area contributed by atoms with Gasteiger partial charge in [-0.2, -0.15) is 0 Å². The Bertz CT molecular complexity index is 674. The molecular weight excluding hydrogens is 335 g/mol. The van der Waals surface area contributed by atoms with Gasteiger partial charge in [0, 0.05) is 31.8 Å². The largest absolute Gasteiger partial charge is 0.489 e. The molecule has 0 bridgehead atoms. The van der Waals surface area contributed by atoms with Crippen molar-refractivity contribution in [1.29, 1.82) is 0 Å². The van der Waals surface area contributed by atoms with E-state index >= 15 is 0 Å². The second kappa shape index (κ2) is 6.68. The summed E-state index contributed by atoms with van der Waals surface area (Å²) < 4.78 is 0. The van der Waals surface area contributed by atoms with Crippen LogP contribution in [0.3, 0.4) is 0 Å². The van der Waals surface area contributed by atoms with Crippen LogP contribution in [-0.4, -0.2) is 23.1 Å². The van der Waals surface area contributed by atoms with E-state index in [2.05, 4.69) is 5.32 Å². The summed E-state index contributed by atoms with van der Waals surface area (Å²) in [6, 6.07) is 8.81. The van der Waals surface area contributed by atoms with Gasteiger partial charge in [-0.3, -0.25) is 4.79 Å². The Morgan fingerprint density at radius 2 is 1.62 bits per heavy atom. The van der Waals surface area contributed by atoms with Crippen LogP contribution in [0.2, 0.25) is 15.1 Å². The molecule has 8 heteroatoms. The van der Waals surface area contributed by atoms with Crippen LogP contribution < -0.4 is 10.8 Å². The van der Waals surface area contributed by atoms with Crippen LogP contribution in [0.25, 0.3) is 0 Å². The van der Waals surface area contributed by atoms with Gasteiger partial charge in [-0.05, 0) is 36.4 Å². The summed E-state index contributed by atoms with van der Waals surface area (Å²) in [5, 5.41) is 21.9. The number of rotatable bonds is 3. The molecule has 0 spiro atoms. The monoisotopic (exact) mass is 343 g/mol. The van der Waals surface area contributed by atoms with E-state index in [1.54, 1.807) is 18.2 Å². The van der Waals surface area contributed by atoms with E-state index in [0.29, 0.717) is 15.7 Å². The van der Waals surface area contributed by atoms with Gasteiger partial charge in [-0.15, -0.1) is 0 Å². The third-order valence-electron chi connectivity index (χ3n) is 2.66. The van der Waals surface area contributed by atoms with Crippen molar-refractivity contribution in [2.45, 2.75) is 0 Å². The molecule has 0 aliphatic heterocycles. The Labute approximate surface area is 136 Å². The summed E-state index contributed by atoms with van der Waals surface area (Å²) >= 11 is 17.5. The van der Waals surface area contributed by atoms with Gasteiger partial charge in [0.15, 0.2) is 0 Å². The van der Waals surface area contributed by atoms with Crippen LogP contribution in [-0.2, 0) is 0 Å². The van der Waals surface area contributed by atoms with E-state index in [1.165, 1.54) is 18.2 Å². The Morgan fingerprint density at radius 3 is 2.19 bits per heavy atom. The van der Waals surface area contributed by atoms with Crippen molar-refractivity contribution in [2.24, 2.45) is 0 Å². The van der Waals surface area contributed by atoms with E-state index in [0.717, 1.165) is 0 Å². The molecule has 0 unspecified atom stereocenters. The molecule has 2 aromatic carbocycles. The molecule has 4 nitrogen and oxygen atoms in total. The van der Waals surface area contributed by atoms with Gasteiger partial charge >= 0.3 is 7.12 Å². The van der Waals surface area contributed by atoms with Crippen molar-refractivity contribution < 1.29 is 14.8 Å². The normalized spacial score (nSPS) is 10.3. The van der Waals surface area contributed by atoms with Crippen LogP contribution in [0.5, 0.6) is 0 Å². The fraction of sp³-hybridized carbons (Fsp3) is 0. The molecule has 0 heterocycles. The first-order valence-corrected chi connectivity index (χ1v) is 6.93. The van der Waals surface area contributed by atoms with Crippen molar-refractivity contribution in [1.82, 2.24) is 0 Å². The van der Waals surface area contributed by atoms with E-state index < -0.39 is 13.0 Å². The molecule has 0 aliphatic carbocycles. The zero-order chi connectivity index (χ0) is 15.6. The Hall–Kier alpha value is -1.24. The highest BCUT2D eigenvalue weighted by Gasteiger charge is 2.18. The molecule has 0 saturated carbocycles. The number of carbonyl (C=O) groups excluding carboxylic acids is 1. The summed E-state index contributed by atoms with van der Waals surface area (Å²) in [6.07, 6.45) is 0. The van der Waals surface area contributed by atoms with Gasteiger partial charge in [-0.25, -0.2) is 0 Å². The van der Waals surface area contributed by atoms with E-state index in [1.807, 2.05) is 0 Å². The Morgan fingerprint density at radius 1 is 1.00 bits per heavy atom. The van der Waals surface area contributed by atoms with Crippen LogP contribution in [0.1, 0.15) is 10.4 Å². The second-order valence-corrected chi connectivity index (χ2v) is 5.50. The Kier molecular flexibility index (Phi) is 5.14. The number of carbonyl (C=O) groups is 1. The maximum Gasteiger partial charge on any atom is 0.489 e. The molecule has 21 heavy (non-hydrogen) atoms. The predicted octanol–water partition coefficient (Wildman–Crippen LogP) is 2.58. The highest BCUT2D eigenvalue weighted by molar-refractivity contribution is 6.62. The minimum atomic E-state index is -1.76. The van der Waals surface area contributed by atoms with Gasteiger partial charge in [0.1, 0.15) is 0 Å². The average molecular weight is 344 g/mol. The zero-order valence-corrected chi connectivity index (χ0v) is 12.7. The lowest BCUT2D eigenvalue weighted by atomic mass is 9.79. The Balaban J connectivity index is 2.26. The minimum Gasteiger partial charge on any atom is -0.423 e. The van der Waals surface area contributed by atoms with Gasteiger partial charge in [0.2, 0.25) is 0 Å². The highest BCUT2D eigenvalue weighted by Crippen LogP contribution is 2.23. The predicted molar refractivity (Wildman–Crippen MR) is 85.7 cm³/mol. The number of nitrogens with one attached hydrogen (secondary N) is 1. The number of halogens is 3. The quantitative estimate of drug-likeness (QED) is 0.750. The molecule has 0 aromatic heterocycles. The van der Waals surface area contributed by atoms with Crippen LogP contribution >= 0.6 is 34.8 Å². The molecule has 3 N–H and O–H groups in total. The summed E-state index contributed by atoms with van der Waals surface area (Å²) in [6.45, 7) is 0. The number of benzene rings is 2. The van der Waals surface area contributed by atoms with Crippen molar-refractivity contribution in [3.8, 4) is 0 Å². The summed E-state index contributed by atoms with van der Waals surface area (Å²) in [5.74, 6) is -0.452.